The number of hydrogen-bond acceptors (Lipinski definition) is 2. The Labute approximate surface area is 143 Å². The lowest BCUT2D eigenvalue weighted by molar-refractivity contribution is 0.408. The Bertz CT molecular complexity index is 813. The van der Waals surface area contributed by atoms with Crippen LogP contribution in [0.4, 0.5) is 0 Å². The molecule has 1 heterocycles. The summed E-state index contributed by atoms with van der Waals surface area (Å²) in [5, 5.41) is 2.57. The van der Waals surface area contributed by atoms with Crippen molar-refractivity contribution in [2.24, 2.45) is 11.8 Å². The van der Waals surface area contributed by atoms with Crippen LogP contribution in [-0.2, 0) is 0 Å². The van der Waals surface area contributed by atoms with Crippen LogP contribution in [0.5, 0.6) is 5.75 Å². The predicted octanol–water partition coefficient (Wildman–Crippen LogP) is 6.85. The van der Waals surface area contributed by atoms with Gasteiger partial charge in [0.1, 0.15) is 5.75 Å². The first-order valence-corrected chi connectivity index (χ1v) is 9.32. The molecule has 0 saturated heterocycles. The summed E-state index contributed by atoms with van der Waals surface area (Å²) >= 11 is 1.87. The highest BCUT2D eigenvalue weighted by Crippen LogP contribution is 2.41. The zero-order chi connectivity index (χ0) is 16.6. The minimum absolute atomic E-state index is 0.631. The Hall–Kier alpha value is -1.54. The summed E-state index contributed by atoms with van der Waals surface area (Å²) in [6, 6.07) is 13.4. The van der Waals surface area contributed by atoms with E-state index in [9.17, 15) is 0 Å². The molecular formula is C21H26OS. The molecule has 0 radical (unpaired) electrons. The van der Waals surface area contributed by atoms with E-state index < -0.39 is 0 Å². The number of ether oxygens (including phenoxy) is 1. The number of thiophene rings is 1. The van der Waals surface area contributed by atoms with Crippen molar-refractivity contribution in [3.05, 3.63) is 42.0 Å². The summed E-state index contributed by atoms with van der Waals surface area (Å²) in [5.41, 5.74) is 1.48. The van der Waals surface area contributed by atoms with Crippen LogP contribution in [0.2, 0.25) is 0 Å². The minimum Gasteiger partial charge on any atom is -0.496 e. The van der Waals surface area contributed by atoms with Gasteiger partial charge in [0.05, 0.1) is 7.11 Å². The molecule has 0 saturated carbocycles. The summed E-state index contributed by atoms with van der Waals surface area (Å²) in [4.78, 5) is 0. The monoisotopic (exact) mass is 326 g/mol. The zero-order valence-corrected chi connectivity index (χ0v) is 15.5. The smallest absolute Gasteiger partial charge is 0.128 e. The fraction of sp³-hybridized carbons (Fsp3) is 0.429. The van der Waals surface area contributed by atoms with Gasteiger partial charge in [0.15, 0.2) is 0 Å². The zero-order valence-electron chi connectivity index (χ0n) is 14.7. The van der Waals surface area contributed by atoms with Crippen molar-refractivity contribution < 1.29 is 4.74 Å². The van der Waals surface area contributed by atoms with Crippen LogP contribution in [0, 0.1) is 11.8 Å². The van der Waals surface area contributed by atoms with Crippen LogP contribution in [0.25, 0.3) is 20.2 Å². The molecule has 1 aromatic heterocycles. The maximum absolute atomic E-state index is 5.57. The van der Waals surface area contributed by atoms with E-state index in [1.807, 2.05) is 11.3 Å². The number of methoxy groups -OCH3 is 1. The molecule has 1 atom stereocenters. The molecule has 2 heteroatoms. The number of benzene rings is 2. The second-order valence-corrected chi connectivity index (χ2v) is 8.25. The van der Waals surface area contributed by atoms with E-state index in [4.69, 9.17) is 4.74 Å². The lowest BCUT2D eigenvalue weighted by atomic mass is 9.82. The van der Waals surface area contributed by atoms with E-state index in [1.54, 1.807) is 7.11 Å². The van der Waals surface area contributed by atoms with Crippen LogP contribution in [0.3, 0.4) is 0 Å². The van der Waals surface area contributed by atoms with E-state index >= 15 is 0 Å². The summed E-state index contributed by atoms with van der Waals surface area (Å²) in [6.07, 6.45) is 1.25. The first-order valence-electron chi connectivity index (χ1n) is 8.50. The molecule has 0 fully saturated rings. The standard InChI is InChI=1S/C21H26OS/c1-13(2)11-17(14(3)4)15-9-10-16-20(12-15)23-19-8-6-7-18(22-5)21(16)19/h6-10,12-14,17H,11H2,1-5H3. The normalized spacial score (nSPS) is 13.3. The molecule has 0 bridgehead atoms. The third kappa shape index (κ3) is 3.10. The molecule has 23 heavy (non-hydrogen) atoms. The molecule has 122 valence electrons. The minimum atomic E-state index is 0.631. The highest BCUT2D eigenvalue weighted by Gasteiger charge is 2.19. The topological polar surface area (TPSA) is 9.23 Å². The van der Waals surface area contributed by atoms with Gasteiger partial charge >= 0.3 is 0 Å². The molecule has 0 amide bonds. The van der Waals surface area contributed by atoms with E-state index in [1.165, 1.54) is 32.2 Å². The average molecular weight is 327 g/mol. The molecule has 3 aromatic rings. The SMILES string of the molecule is COc1cccc2sc3cc(C(CC(C)C)C(C)C)ccc3c12. The Kier molecular flexibility index (Phi) is 4.63. The highest BCUT2D eigenvalue weighted by atomic mass is 32.1. The summed E-state index contributed by atoms with van der Waals surface area (Å²) in [6.45, 7) is 9.31. The van der Waals surface area contributed by atoms with Crippen molar-refractivity contribution in [1.29, 1.82) is 0 Å². The molecule has 3 rings (SSSR count). The van der Waals surface area contributed by atoms with Crippen LogP contribution in [-0.4, -0.2) is 7.11 Å². The van der Waals surface area contributed by atoms with Gasteiger partial charge in [-0.2, -0.15) is 0 Å². The van der Waals surface area contributed by atoms with Gasteiger partial charge in [0.2, 0.25) is 0 Å². The van der Waals surface area contributed by atoms with Gasteiger partial charge in [-0.3, -0.25) is 0 Å². The molecule has 1 nitrogen and oxygen atoms in total. The first-order chi connectivity index (χ1) is 11.0. The quantitative estimate of drug-likeness (QED) is 0.498. The number of hydrogen-bond donors (Lipinski definition) is 0. The Morgan fingerprint density at radius 3 is 2.43 bits per heavy atom. The van der Waals surface area contributed by atoms with Gasteiger partial charge in [0, 0.05) is 20.2 Å². The second kappa shape index (κ2) is 6.52. The molecule has 0 aliphatic rings. The van der Waals surface area contributed by atoms with Crippen molar-refractivity contribution in [1.82, 2.24) is 0 Å². The van der Waals surface area contributed by atoms with Crippen molar-refractivity contribution in [2.75, 3.05) is 7.11 Å². The van der Waals surface area contributed by atoms with Gasteiger partial charge in [0.25, 0.3) is 0 Å². The summed E-state index contributed by atoms with van der Waals surface area (Å²) in [5.74, 6) is 3.00. The van der Waals surface area contributed by atoms with Crippen LogP contribution < -0.4 is 4.74 Å². The largest absolute Gasteiger partial charge is 0.496 e. The third-order valence-corrected chi connectivity index (χ3v) is 5.78. The average Bonchev–Trinajstić information content (AvgIpc) is 2.89. The van der Waals surface area contributed by atoms with Crippen LogP contribution in [0.1, 0.15) is 45.6 Å². The van der Waals surface area contributed by atoms with E-state index in [2.05, 4.69) is 64.1 Å². The molecule has 0 aliphatic carbocycles. The third-order valence-electron chi connectivity index (χ3n) is 4.66. The highest BCUT2D eigenvalue weighted by molar-refractivity contribution is 7.25. The number of rotatable bonds is 5. The molecule has 0 aliphatic heterocycles. The van der Waals surface area contributed by atoms with Crippen LogP contribution in [0.15, 0.2) is 36.4 Å². The fourth-order valence-electron chi connectivity index (χ4n) is 3.51. The van der Waals surface area contributed by atoms with Gasteiger partial charge in [-0.15, -0.1) is 11.3 Å². The lowest BCUT2D eigenvalue weighted by Crippen LogP contribution is -2.09. The van der Waals surface area contributed by atoms with Crippen molar-refractivity contribution in [2.45, 2.75) is 40.0 Å². The Balaban J connectivity index is 2.14. The van der Waals surface area contributed by atoms with Crippen molar-refractivity contribution in [3.63, 3.8) is 0 Å². The van der Waals surface area contributed by atoms with Crippen LogP contribution >= 0.6 is 11.3 Å². The van der Waals surface area contributed by atoms with Gasteiger partial charge in [-0.25, -0.2) is 0 Å². The molecular weight excluding hydrogens is 300 g/mol. The molecule has 0 spiro atoms. The van der Waals surface area contributed by atoms with E-state index in [0.29, 0.717) is 11.8 Å². The summed E-state index contributed by atoms with van der Waals surface area (Å²) in [7, 11) is 1.75. The van der Waals surface area contributed by atoms with E-state index in [0.717, 1.165) is 11.7 Å². The van der Waals surface area contributed by atoms with Gasteiger partial charge in [-0.1, -0.05) is 45.9 Å². The Morgan fingerprint density at radius 1 is 1.00 bits per heavy atom. The molecule has 1 unspecified atom stereocenters. The first kappa shape index (κ1) is 16.3. The van der Waals surface area contributed by atoms with E-state index in [-0.39, 0.29) is 0 Å². The van der Waals surface area contributed by atoms with Gasteiger partial charge < -0.3 is 4.74 Å². The fourth-order valence-corrected chi connectivity index (χ4v) is 4.68. The second-order valence-electron chi connectivity index (χ2n) is 7.17. The number of fused-ring (bicyclic) bond motifs is 3. The lowest BCUT2D eigenvalue weighted by Gasteiger charge is -2.23. The van der Waals surface area contributed by atoms with Crippen molar-refractivity contribution in [3.8, 4) is 5.75 Å². The van der Waals surface area contributed by atoms with Crippen molar-refractivity contribution >= 4 is 31.5 Å². The maximum atomic E-state index is 5.57. The molecule has 2 aromatic carbocycles. The maximum Gasteiger partial charge on any atom is 0.128 e. The molecule has 0 N–H and O–H groups in total. The Morgan fingerprint density at radius 2 is 1.78 bits per heavy atom. The van der Waals surface area contributed by atoms with Gasteiger partial charge in [-0.05, 0) is 47.9 Å². The summed E-state index contributed by atoms with van der Waals surface area (Å²) < 4.78 is 8.25. The predicted molar refractivity (Wildman–Crippen MR) is 103 cm³/mol.